The molecule has 1 fully saturated rings. The molecular formula is C33H40N4O5. The van der Waals surface area contributed by atoms with E-state index in [0.29, 0.717) is 39.0 Å². The maximum atomic E-state index is 13.9. The lowest BCUT2D eigenvalue weighted by Crippen LogP contribution is -2.64. The summed E-state index contributed by atoms with van der Waals surface area (Å²) in [4.78, 5) is 48.6. The highest BCUT2D eigenvalue weighted by Crippen LogP contribution is 2.38. The van der Waals surface area contributed by atoms with E-state index in [1.54, 1.807) is 19.2 Å². The number of hydroxylamine groups is 2. The van der Waals surface area contributed by atoms with Crippen molar-refractivity contribution >= 4 is 34.3 Å². The van der Waals surface area contributed by atoms with E-state index < -0.39 is 0 Å². The van der Waals surface area contributed by atoms with Crippen molar-refractivity contribution in [2.24, 2.45) is 0 Å². The number of aromatic hydroxyl groups is 1. The van der Waals surface area contributed by atoms with Crippen LogP contribution in [0.25, 0.3) is 21.9 Å². The number of anilines is 1. The van der Waals surface area contributed by atoms with Crippen LogP contribution < -0.4 is 4.90 Å². The van der Waals surface area contributed by atoms with Gasteiger partial charge in [0.2, 0.25) is 11.8 Å². The van der Waals surface area contributed by atoms with E-state index in [0.717, 1.165) is 58.8 Å². The zero-order valence-electron chi connectivity index (χ0n) is 24.7. The molecule has 0 unspecified atom stereocenters. The number of urea groups is 1. The van der Waals surface area contributed by atoms with Gasteiger partial charge in [-0.1, -0.05) is 56.2 Å². The molecule has 0 saturated carbocycles. The number of amides is 4. The molecule has 9 heteroatoms. The first-order chi connectivity index (χ1) is 20.3. The van der Waals surface area contributed by atoms with E-state index in [4.69, 9.17) is 4.84 Å². The zero-order chi connectivity index (χ0) is 29.8. The SMILES string of the molecule is CCC(=O)N1CC(N2Cc3ccc(-c4cc(O)cc5ccccc45)cc3N(CCCCCCC(=O)N(C)OC)C2=O)C1. The van der Waals surface area contributed by atoms with Crippen LogP contribution in [0, 0.1) is 0 Å². The van der Waals surface area contributed by atoms with Crippen molar-refractivity contribution in [1.82, 2.24) is 14.9 Å². The quantitative estimate of drug-likeness (QED) is 0.240. The molecule has 3 aromatic carbocycles. The monoisotopic (exact) mass is 572 g/mol. The highest BCUT2D eigenvalue weighted by Gasteiger charge is 2.41. The van der Waals surface area contributed by atoms with Crippen molar-refractivity contribution in [2.75, 3.05) is 38.7 Å². The molecule has 1 saturated heterocycles. The van der Waals surface area contributed by atoms with E-state index >= 15 is 0 Å². The predicted octanol–water partition coefficient (Wildman–Crippen LogP) is 5.55. The summed E-state index contributed by atoms with van der Waals surface area (Å²) in [7, 11) is 3.09. The van der Waals surface area contributed by atoms with Gasteiger partial charge in [0, 0.05) is 46.1 Å². The highest BCUT2D eigenvalue weighted by molar-refractivity contribution is 6.00. The lowest BCUT2D eigenvalue weighted by molar-refractivity contribution is -0.168. The van der Waals surface area contributed by atoms with Gasteiger partial charge < -0.3 is 14.9 Å². The van der Waals surface area contributed by atoms with Crippen molar-refractivity contribution in [1.29, 1.82) is 0 Å². The first-order valence-corrected chi connectivity index (χ1v) is 14.8. The van der Waals surface area contributed by atoms with Gasteiger partial charge >= 0.3 is 6.03 Å². The number of fused-ring (bicyclic) bond motifs is 2. The summed E-state index contributed by atoms with van der Waals surface area (Å²) in [6.07, 6.45) is 4.24. The predicted molar refractivity (Wildman–Crippen MR) is 163 cm³/mol. The number of unbranched alkanes of at least 4 members (excludes halogenated alkanes) is 3. The van der Waals surface area contributed by atoms with Crippen molar-refractivity contribution in [3.8, 4) is 16.9 Å². The van der Waals surface area contributed by atoms with Gasteiger partial charge in [-0.15, -0.1) is 0 Å². The smallest absolute Gasteiger partial charge is 0.325 e. The number of carbonyl (C=O) groups excluding carboxylic acids is 3. The minimum Gasteiger partial charge on any atom is -0.508 e. The maximum absolute atomic E-state index is 13.9. The van der Waals surface area contributed by atoms with E-state index in [1.807, 2.05) is 45.9 Å². The molecular weight excluding hydrogens is 532 g/mol. The topological polar surface area (TPSA) is 93.6 Å². The van der Waals surface area contributed by atoms with E-state index in [9.17, 15) is 19.5 Å². The Morgan fingerprint density at radius 3 is 2.55 bits per heavy atom. The van der Waals surface area contributed by atoms with Crippen LogP contribution in [0.2, 0.25) is 0 Å². The summed E-state index contributed by atoms with van der Waals surface area (Å²) in [5, 5.41) is 13.7. The Morgan fingerprint density at radius 1 is 1.02 bits per heavy atom. The van der Waals surface area contributed by atoms with E-state index in [1.165, 1.54) is 12.2 Å². The summed E-state index contributed by atoms with van der Waals surface area (Å²) in [6.45, 7) is 4.05. The lowest BCUT2D eigenvalue weighted by atomic mass is 9.94. The zero-order valence-corrected chi connectivity index (χ0v) is 24.7. The first-order valence-electron chi connectivity index (χ1n) is 14.8. The number of likely N-dealkylation sites (tertiary alicyclic amines) is 1. The Hall–Kier alpha value is -4.11. The summed E-state index contributed by atoms with van der Waals surface area (Å²) in [5.74, 6) is 0.273. The number of hydrogen-bond donors (Lipinski definition) is 1. The van der Waals surface area contributed by atoms with Gasteiger partial charge in [0.05, 0.1) is 18.8 Å². The second-order valence-electron chi connectivity index (χ2n) is 11.2. The Morgan fingerprint density at radius 2 is 1.79 bits per heavy atom. The number of phenols is 1. The molecule has 5 rings (SSSR count). The molecule has 0 spiro atoms. The Bertz CT molecular complexity index is 1470. The second kappa shape index (κ2) is 12.8. The summed E-state index contributed by atoms with van der Waals surface area (Å²) in [6, 6.07) is 17.7. The number of hydrogen-bond acceptors (Lipinski definition) is 5. The molecule has 4 amide bonds. The van der Waals surface area contributed by atoms with Crippen LogP contribution in [-0.4, -0.2) is 77.6 Å². The Labute approximate surface area is 247 Å². The summed E-state index contributed by atoms with van der Waals surface area (Å²) < 4.78 is 0. The third kappa shape index (κ3) is 6.06. The number of benzene rings is 3. The number of nitrogens with zero attached hydrogens (tertiary/aromatic N) is 4. The second-order valence-corrected chi connectivity index (χ2v) is 11.2. The number of rotatable bonds is 11. The standard InChI is InChI=1S/C33H40N4O5/c1-4-31(39)35-21-26(22-35)37-20-25-15-14-24(29-19-27(38)17-23-11-8-9-12-28(23)29)18-30(25)36(33(37)41)16-10-6-5-7-13-32(40)34(2)42-3/h8-9,11-12,14-15,17-19,26,38H,4-7,10,13,16,20-22H2,1-3H3. The normalized spacial score (nSPS) is 15.1. The van der Waals surface area contributed by atoms with Crippen molar-refractivity contribution < 1.29 is 24.3 Å². The third-order valence-electron chi connectivity index (χ3n) is 8.46. The van der Waals surface area contributed by atoms with Crippen LogP contribution in [-0.2, 0) is 21.0 Å². The van der Waals surface area contributed by atoms with Crippen molar-refractivity contribution in [2.45, 2.75) is 58.0 Å². The third-order valence-corrected chi connectivity index (χ3v) is 8.46. The molecule has 0 aliphatic carbocycles. The van der Waals surface area contributed by atoms with E-state index in [-0.39, 0.29) is 29.6 Å². The fourth-order valence-electron chi connectivity index (χ4n) is 5.90. The molecule has 2 aliphatic rings. The number of phenolic OH excluding ortho intramolecular Hbond substituents is 1. The van der Waals surface area contributed by atoms with Crippen LogP contribution in [0.3, 0.4) is 0 Å². The summed E-state index contributed by atoms with van der Waals surface area (Å²) >= 11 is 0. The molecule has 2 heterocycles. The molecule has 9 nitrogen and oxygen atoms in total. The van der Waals surface area contributed by atoms with Crippen LogP contribution in [0.1, 0.15) is 51.0 Å². The Balaban J connectivity index is 1.36. The van der Waals surface area contributed by atoms with Gasteiger partial charge in [0.15, 0.2) is 0 Å². The average molecular weight is 573 g/mol. The van der Waals surface area contributed by atoms with Gasteiger partial charge in [-0.05, 0) is 58.5 Å². The van der Waals surface area contributed by atoms with E-state index in [2.05, 4.69) is 18.2 Å². The van der Waals surface area contributed by atoms with Crippen LogP contribution in [0.5, 0.6) is 5.75 Å². The molecule has 222 valence electrons. The first kappa shape index (κ1) is 29.4. The molecule has 0 radical (unpaired) electrons. The van der Waals surface area contributed by atoms with Crippen LogP contribution >= 0.6 is 0 Å². The van der Waals surface area contributed by atoms with Gasteiger partial charge in [-0.25, -0.2) is 9.86 Å². The fourth-order valence-corrected chi connectivity index (χ4v) is 5.90. The molecule has 42 heavy (non-hydrogen) atoms. The molecule has 0 atom stereocenters. The molecule has 3 aromatic rings. The maximum Gasteiger partial charge on any atom is 0.325 e. The Kier molecular flexibility index (Phi) is 8.97. The molecule has 2 aliphatic heterocycles. The van der Waals surface area contributed by atoms with Crippen LogP contribution in [0.15, 0.2) is 54.6 Å². The minimum atomic E-state index is -0.0450. The molecule has 1 N–H and O–H groups in total. The van der Waals surface area contributed by atoms with Crippen molar-refractivity contribution in [3.05, 3.63) is 60.2 Å². The average Bonchev–Trinajstić information content (AvgIpc) is 2.97. The minimum absolute atomic E-state index is 0.00197. The lowest BCUT2D eigenvalue weighted by Gasteiger charge is -2.48. The fraction of sp³-hybridized carbons (Fsp3) is 0.424. The summed E-state index contributed by atoms with van der Waals surface area (Å²) in [5.41, 5.74) is 3.81. The van der Waals surface area contributed by atoms with Gasteiger partial charge in [0.25, 0.3) is 0 Å². The molecule has 0 aromatic heterocycles. The number of carbonyl (C=O) groups is 3. The molecule has 0 bridgehead atoms. The van der Waals surface area contributed by atoms with Crippen molar-refractivity contribution in [3.63, 3.8) is 0 Å². The van der Waals surface area contributed by atoms with Gasteiger partial charge in [0.1, 0.15) is 5.75 Å². The highest BCUT2D eigenvalue weighted by atomic mass is 16.7. The van der Waals surface area contributed by atoms with Crippen LogP contribution in [0.4, 0.5) is 10.5 Å². The largest absolute Gasteiger partial charge is 0.508 e. The van der Waals surface area contributed by atoms with Gasteiger partial charge in [-0.2, -0.15) is 0 Å². The van der Waals surface area contributed by atoms with Gasteiger partial charge in [-0.3, -0.25) is 19.3 Å².